The van der Waals surface area contributed by atoms with E-state index in [4.69, 9.17) is 0 Å². The fourth-order valence-electron chi connectivity index (χ4n) is 2.27. The van der Waals surface area contributed by atoms with Gasteiger partial charge in [0.25, 0.3) is 5.91 Å². The van der Waals surface area contributed by atoms with Gasteiger partial charge in [-0.25, -0.2) is 0 Å². The Morgan fingerprint density at radius 3 is 2.79 bits per heavy atom. The van der Waals surface area contributed by atoms with Gasteiger partial charge in [0.05, 0.1) is 0 Å². The molecule has 1 aliphatic rings. The third-order valence-corrected chi connectivity index (χ3v) is 3.72. The minimum atomic E-state index is -0.0860. The molecule has 19 heavy (non-hydrogen) atoms. The summed E-state index contributed by atoms with van der Waals surface area (Å²) in [7, 11) is 1.77. The Morgan fingerprint density at radius 2 is 2.16 bits per heavy atom. The van der Waals surface area contributed by atoms with Crippen LogP contribution in [0.15, 0.2) is 22.7 Å². The number of nitrogens with one attached hydrogen (secondary N) is 1. The predicted molar refractivity (Wildman–Crippen MR) is 77.0 cm³/mol. The zero-order chi connectivity index (χ0) is 14.0. The maximum absolute atomic E-state index is 12.2. The Bertz CT molecular complexity index is 496. The molecule has 1 aromatic carbocycles. The van der Waals surface area contributed by atoms with Gasteiger partial charge < -0.3 is 10.2 Å². The number of hydrogen-bond acceptors (Lipinski definition) is 2. The van der Waals surface area contributed by atoms with Crippen LogP contribution in [0, 0.1) is 6.92 Å². The van der Waals surface area contributed by atoms with Crippen LogP contribution in [0.4, 0.5) is 0 Å². The lowest BCUT2D eigenvalue weighted by Crippen LogP contribution is -2.48. The summed E-state index contributed by atoms with van der Waals surface area (Å²) < 4.78 is 0.897. The monoisotopic (exact) mass is 324 g/mol. The number of halogens is 1. The number of aryl methyl sites for hydroxylation is 1. The fourth-order valence-corrected chi connectivity index (χ4v) is 2.87. The predicted octanol–water partition coefficient (Wildman–Crippen LogP) is 2.11. The molecule has 2 amide bonds. The maximum Gasteiger partial charge on any atom is 0.251 e. The van der Waals surface area contributed by atoms with Crippen LogP contribution in [0.3, 0.4) is 0 Å². The summed E-state index contributed by atoms with van der Waals surface area (Å²) in [4.78, 5) is 25.2. The molecular formula is C14H17BrN2O2. The van der Waals surface area contributed by atoms with Crippen molar-refractivity contribution in [2.45, 2.75) is 25.8 Å². The van der Waals surface area contributed by atoms with Crippen LogP contribution in [-0.4, -0.2) is 36.3 Å². The number of piperidine rings is 1. The molecule has 1 heterocycles. The third kappa shape index (κ3) is 3.56. The Hall–Kier alpha value is -1.36. The summed E-state index contributed by atoms with van der Waals surface area (Å²) >= 11 is 3.39. The number of nitrogens with zero attached hydrogens (tertiary/aromatic N) is 1. The molecule has 1 fully saturated rings. The number of benzene rings is 1. The topological polar surface area (TPSA) is 49.4 Å². The van der Waals surface area contributed by atoms with Crippen LogP contribution in [0.5, 0.6) is 0 Å². The van der Waals surface area contributed by atoms with E-state index in [-0.39, 0.29) is 17.9 Å². The number of carbonyl (C=O) groups excluding carboxylic acids is 2. The first-order chi connectivity index (χ1) is 8.95. The van der Waals surface area contributed by atoms with Crippen molar-refractivity contribution < 1.29 is 9.59 Å². The number of hydrogen-bond donors (Lipinski definition) is 1. The molecule has 0 aliphatic carbocycles. The summed E-state index contributed by atoms with van der Waals surface area (Å²) in [5, 5.41) is 2.99. The van der Waals surface area contributed by atoms with Crippen LogP contribution >= 0.6 is 15.9 Å². The first-order valence-corrected chi connectivity index (χ1v) is 7.07. The Balaban J connectivity index is 2.03. The molecule has 1 atom stereocenters. The van der Waals surface area contributed by atoms with Crippen LogP contribution in [0.2, 0.25) is 0 Å². The van der Waals surface area contributed by atoms with Crippen molar-refractivity contribution in [2.24, 2.45) is 0 Å². The number of likely N-dealkylation sites (N-methyl/N-ethyl adjacent to an activating group) is 1. The smallest absolute Gasteiger partial charge is 0.251 e. The van der Waals surface area contributed by atoms with Gasteiger partial charge in [-0.2, -0.15) is 0 Å². The molecule has 102 valence electrons. The lowest BCUT2D eigenvalue weighted by molar-refractivity contribution is -0.132. The highest BCUT2D eigenvalue weighted by Gasteiger charge is 2.24. The van der Waals surface area contributed by atoms with Crippen molar-refractivity contribution in [3.8, 4) is 0 Å². The van der Waals surface area contributed by atoms with Gasteiger partial charge >= 0.3 is 0 Å². The van der Waals surface area contributed by atoms with Crippen molar-refractivity contribution >= 4 is 27.7 Å². The lowest BCUT2D eigenvalue weighted by atomic mass is 10.0. The van der Waals surface area contributed by atoms with Gasteiger partial charge in [0.2, 0.25) is 5.91 Å². The molecule has 2 rings (SSSR count). The van der Waals surface area contributed by atoms with E-state index in [1.54, 1.807) is 18.0 Å². The normalized spacial score (nSPS) is 19.4. The Morgan fingerprint density at radius 1 is 1.42 bits per heavy atom. The minimum Gasteiger partial charge on any atom is -0.348 e. The van der Waals surface area contributed by atoms with E-state index in [0.29, 0.717) is 24.9 Å². The van der Waals surface area contributed by atoms with E-state index < -0.39 is 0 Å². The van der Waals surface area contributed by atoms with Crippen molar-refractivity contribution in [2.75, 3.05) is 13.6 Å². The van der Waals surface area contributed by atoms with E-state index in [1.807, 2.05) is 19.1 Å². The van der Waals surface area contributed by atoms with E-state index in [9.17, 15) is 9.59 Å². The third-order valence-electron chi connectivity index (χ3n) is 3.27. The van der Waals surface area contributed by atoms with E-state index >= 15 is 0 Å². The number of carbonyl (C=O) groups is 2. The van der Waals surface area contributed by atoms with Crippen molar-refractivity contribution in [3.63, 3.8) is 0 Å². The highest BCUT2D eigenvalue weighted by atomic mass is 79.9. The van der Waals surface area contributed by atoms with Gasteiger partial charge in [0.1, 0.15) is 0 Å². The molecule has 0 saturated carbocycles. The van der Waals surface area contributed by atoms with Crippen molar-refractivity contribution in [1.82, 2.24) is 10.2 Å². The number of likely N-dealkylation sites (tertiary alicyclic amines) is 1. The molecule has 0 aromatic heterocycles. The molecule has 1 aromatic rings. The summed E-state index contributed by atoms with van der Waals surface area (Å²) in [5.41, 5.74) is 1.68. The molecule has 0 radical (unpaired) electrons. The van der Waals surface area contributed by atoms with Gasteiger partial charge in [-0.15, -0.1) is 0 Å². The van der Waals surface area contributed by atoms with Crippen molar-refractivity contribution in [3.05, 3.63) is 33.8 Å². The first kappa shape index (κ1) is 14.1. The van der Waals surface area contributed by atoms with Gasteiger partial charge in [0, 0.05) is 36.1 Å². The van der Waals surface area contributed by atoms with E-state index in [2.05, 4.69) is 21.2 Å². The lowest BCUT2D eigenvalue weighted by Gasteiger charge is -2.30. The molecule has 0 unspecified atom stereocenters. The Labute approximate surface area is 121 Å². The van der Waals surface area contributed by atoms with Gasteiger partial charge in [-0.1, -0.05) is 15.9 Å². The van der Waals surface area contributed by atoms with Gasteiger partial charge in [-0.3, -0.25) is 9.59 Å². The Kier molecular flexibility index (Phi) is 4.24. The molecule has 4 nitrogen and oxygen atoms in total. The maximum atomic E-state index is 12.2. The minimum absolute atomic E-state index is 0.0366. The van der Waals surface area contributed by atoms with E-state index in [1.165, 1.54) is 0 Å². The SMILES string of the molecule is Cc1cc(Br)cc(C(=O)N[C@H]2CCC(=O)N(C)C2)c1. The second kappa shape index (κ2) is 5.74. The molecule has 0 spiro atoms. The summed E-state index contributed by atoms with van der Waals surface area (Å²) in [6.45, 7) is 2.53. The van der Waals surface area contributed by atoms with E-state index in [0.717, 1.165) is 10.0 Å². The second-order valence-electron chi connectivity index (χ2n) is 5.00. The number of amides is 2. The number of rotatable bonds is 2. The summed E-state index contributed by atoms with van der Waals surface area (Å²) in [6.07, 6.45) is 1.21. The van der Waals surface area contributed by atoms with Crippen LogP contribution < -0.4 is 5.32 Å². The summed E-state index contributed by atoms with van der Waals surface area (Å²) in [5.74, 6) is 0.0564. The quantitative estimate of drug-likeness (QED) is 0.905. The molecule has 1 aliphatic heterocycles. The van der Waals surface area contributed by atoms with Crippen LogP contribution in [-0.2, 0) is 4.79 Å². The molecule has 1 saturated heterocycles. The fraction of sp³-hybridized carbons (Fsp3) is 0.429. The zero-order valence-corrected chi connectivity index (χ0v) is 12.7. The molecular weight excluding hydrogens is 308 g/mol. The average molecular weight is 325 g/mol. The largest absolute Gasteiger partial charge is 0.348 e. The highest BCUT2D eigenvalue weighted by Crippen LogP contribution is 2.16. The van der Waals surface area contributed by atoms with Crippen LogP contribution in [0.1, 0.15) is 28.8 Å². The second-order valence-corrected chi connectivity index (χ2v) is 5.92. The van der Waals surface area contributed by atoms with Gasteiger partial charge in [0.15, 0.2) is 0 Å². The van der Waals surface area contributed by atoms with Gasteiger partial charge in [-0.05, 0) is 37.1 Å². The van der Waals surface area contributed by atoms with Crippen LogP contribution in [0.25, 0.3) is 0 Å². The summed E-state index contributed by atoms with van der Waals surface area (Å²) in [6, 6.07) is 5.66. The highest BCUT2D eigenvalue weighted by molar-refractivity contribution is 9.10. The average Bonchev–Trinajstić information content (AvgIpc) is 2.32. The molecule has 5 heteroatoms. The van der Waals surface area contributed by atoms with Crippen molar-refractivity contribution in [1.29, 1.82) is 0 Å². The molecule has 1 N–H and O–H groups in total. The first-order valence-electron chi connectivity index (χ1n) is 6.28. The standard InChI is InChI=1S/C14H17BrN2O2/c1-9-5-10(7-11(15)6-9)14(19)16-12-3-4-13(18)17(2)8-12/h5-7,12H,3-4,8H2,1-2H3,(H,16,19)/t12-/m0/s1. The molecule has 0 bridgehead atoms. The zero-order valence-electron chi connectivity index (χ0n) is 11.1.